The number of benzene rings is 1. The average molecular weight is 272 g/mol. The van der Waals surface area contributed by atoms with E-state index in [0.29, 0.717) is 24.0 Å². The normalized spacial score (nSPS) is 19.8. The van der Waals surface area contributed by atoms with E-state index >= 15 is 0 Å². The molecule has 1 saturated heterocycles. The van der Waals surface area contributed by atoms with Crippen LogP contribution in [-0.2, 0) is 16.1 Å². The zero-order valence-corrected chi connectivity index (χ0v) is 11.4. The molecule has 1 unspecified atom stereocenters. The summed E-state index contributed by atoms with van der Waals surface area (Å²) in [6.07, 6.45) is 0.0207. The molecule has 0 aromatic heterocycles. The van der Waals surface area contributed by atoms with Crippen LogP contribution in [0.15, 0.2) is 12.1 Å². The van der Waals surface area contributed by atoms with Gasteiger partial charge in [0.15, 0.2) is 0 Å². The second-order valence-corrected chi connectivity index (χ2v) is 4.59. The zero-order valence-electron chi connectivity index (χ0n) is 10.7. The van der Waals surface area contributed by atoms with E-state index in [-0.39, 0.29) is 6.10 Å². The first-order valence-electron chi connectivity index (χ1n) is 5.93. The van der Waals surface area contributed by atoms with Crippen LogP contribution in [-0.4, -0.2) is 33.9 Å². The van der Waals surface area contributed by atoms with Gasteiger partial charge in [-0.05, 0) is 23.3 Å². The molecular formula is C13H18ClNO3. The van der Waals surface area contributed by atoms with E-state index in [1.807, 2.05) is 12.1 Å². The van der Waals surface area contributed by atoms with Crippen molar-refractivity contribution >= 4 is 11.6 Å². The Bertz CT molecular complexity index is 405. The van der Waals surface area contributed by atoms with Crippen molar-refractivity contribution in [1.82, 2.24) is 5.32 Å². The molecule has 1 aromatic carbocycles. The van der Waals surface area contributed by atoms with Crippen LogP contribution in [0.2, 0.25) is 5.02 Å². The van der Waals surface area contributed by atoms with Crippen molar-refractivity contribution < 1.29 is 14.2 Å². The Morgan fingerprint density at radius 3 is 2.89 bits per heavy atom. The van der Waals surface area contributed by atoms with Crippen LogP contribution in [0.5, 0.6) is 5.75 Å². The summed E-state index contributed by atoms with van der Waals surface area (Å²) in [5.74, 6) is 0.663. The maximum atomic E-state index is 6.18. The number of hydrogen-bond donors (Lipinski definition) is 1. The van der Waals surface area contributed by atoms with Crippen molar-refractivity contribution in [2.24, 2.45) is 0 Å². The monoisotopic (exact) mass is 271 g/mol. The summed E-state index contributed by atoms with van der Waals surface area (Å²) in [6, 6.07) is 3.82. The number of nitrogens with one attached hydrogen (secondary N) is 1. The molecule has 1 atom stereocenters. The lowest BCUT2D eigenvalue weighted by Crippen LogP contribution is -2.33. The van der Waals surface area contributed by atoms with Gasteiger partial charge in [0.1, 0.15) is 5.75 Å². The minimum absolute atomic E-state index is 0.0207. The third-order valence-corrected chi connectivity index (χ3v) is 3.28. The summed E-state index contributed by atoms with van der Waals surface area (Å²) in [5.41, 5.74) is 2.11. The van der Waals surface area contributed by atoms with Gasteiger partial charge in [-0.25, -0.2) is 0 Å². The number of ether oxygens (including phenoxy) is 3. The van der Waals surface area contributed by atoms with Crippen LogP contribution >= 0.6 is 11.6 Å². The standard InChI is InChI=1S/C13H18ClNO3/c1-16-8-9-5-12(17-2)11(14)6-10(9)13-7-15-3-4-18-13/h5-6,13,15H,3-4,7-8H2,1-2H3. The molecular weight excluding hydrogens is 254 g/mol. The molecule has 1 aromatic rings. The summed E-state index contributed by atoms with van der Waals surface area (Å²) in [6.45, 7) is 2.91. The van der Waals surface area contributed by atoms with Gasteiger partial charge in [0.2, 0.25) is 0 Å². The van der Waals surface area contributed by atoms with Crippen LogP contribution in [0.1, 0.15) is 17.2 Å². The van der Waals surface area contributed by atoms with Gasteiger partial charge >= 0.3 is 0 Å². The number of halogens is 1. The Morgan fingerprint density at radius 1 is 1.44 bits per heavy atom. The minimum atomic E-state index is 0.0207. The molecule has 2 rings (SSSR count). The van der Waals surface area contributed by atoms with Crippen LogP contribution < -0.4 is 10.1 Å². The molecule has 4 nitrogen and oxygen atoms in total. The number of rotatable bonds is 4. The van der Waals surface area contributed by atoms with Gasteiger partial charge in [0.05, 0.1) is 31.5 Å². The molecule has 0 aliphatic carbocycles. The molecule has 0 bridgehead atoms. The van der Waals surface area contributed by atoms with Gasteiger partial charge in [-0.15, -0.1) is 0 Å². The summed E-state index contributed by atoms with van der Waals surface area (Å²) in [7, 11) is 3.28. The molecule has 18 heavy (non-hydrogen) atoms. The van der Waals surface area contributed by atoms with Crippen LogP contribution in [0.3, 0.4) is 0 Å². The zero-order chi connectivity index (χ0) is 13.0. The van der Waals surface area contributed by atoms with Gasteiger partial charge in [-0.1, -0.05) is 11.6 Å². The van der Waals surface area contributed by atoms with Crippen molar-refractivity contribution in [3.63, 3.8) is 0 Å². The fourth-order valence-corrected chi connectivity index (χ4v) is 2.36. The second kappa shape index (κ2) is 6.38. The van der Waals surface area contributed by atoms with E-state index in [1.165, 1.54) is 0 Å². The summed E-state index contributed by atoms with van der Waals surface area (Å²) in [5, 5.41) is 3.91. The van der Waals surface area contributed by atoms with E-state index in [0.717, 1.165) is 24.2 Å². The van der Waals surface area contributed by atoms with Crippen LogP contribution in [0, 0.1) is 0 Å². The van der Waals surface area contributed by atoms with Gasteiger partial charge in [0.25, 0.3) is 0 Å². The molecule has 0 saturated carbocycles. The lowest BCUT2D eigenvalue weighted by molar-refractivity contribution is 0.0260. The maximum absolute atomic E-state index is 6.18. The van der Waals surface area contributed by atoms with E-state index in [9.17, 15) is 0 Å². The smallest absolute Gasteiger partial charge is 0.137 e. The van der Waals surface area contributed by atoms with Crippen molar-refractivity contribution in [2.75, 3.05) is 33.9 Å². The largest absolute Gasteiger partial charge is 0.495 e. The first-order chi connectivity index (χ1) is 8.76. The molecule has 0 radical (unpaired) electrons. The number of morpholine rings is 1. The Hall–Kier alpha value is -0.810. The molecule has 1 aliphatic rings. The molecule has 1 fully saturated rings. The topological polar surface area (TPSA) is 39.7 Å². The molecule has 1 N–H and O–H groups in total. The Kier molecular flexibility index (Phi) is 4.83. The fourth-order valence-electron chi connectivity index (χ4n) is 2.11. The van der Waals surface area contributed by atoms with E-state index in [2.05, 4.69) is 5.32 Å². The van der Waals surface area contributed by atoms with E-state index in [4.69, 9.17) is 25.8 Å². The Labute approximate surface area is 112 Å². The highest BCUT2D eigenvalue weighted by atomic mass is 35.5. The summed E-state index contributed by atoms with van der Waals surface area (Å²) < 4.78 is 16.2. The highest BCUT2D eigenvalue weighted by Gasteiger charge is 2.20. The molecule has 1 aliphatic heterocycles. The lowest BCUT2D eigenvalue weighted by atomic mass is 10.0. The van der Waals surface area contributed by atoms with Crippen LogP contribution in [0.25, 0.3) is 0 Å². The summed E-state index contributed by atoms with van der Waals surface area (Å²) in [4.78, 5) is 0. The predicted molar refractivity (Wildman–Crippen MR) is 70.3 cm³/mol. The van der Waals surface area contributed by atoms with Gasteiger partial charge in [0, 0.05) is 20.2 Å². The second-order valence-electron chi connectivity index (χ2n) is 4.18. The van der Waals surface area contributed by atoms with Crippen molar-refractivity contribution in [3.05, 3.63) is 28.3 Å². The predicted octanol–water partition coefficient (Wildman–Crippen LogP) is 2.16. The van der Waals surface area contributed by atoms with Crippen molar-refractivity contribution in [3.8, 4) is 5.75 Å². The highest BCUT2D eigenvalue weighted by Crippen LogP contribution is 2.33. The number of hydrogen-bond acceptors (Lipinski definition) is 4. The molecule has 0 spiro atoms. The SMILES string of the molecule is COCc1cc(OC)c(Cl)cc1C1CNCCO1. The first kappa shape index (κ1) is 13.6. The molecule has 5 heteroatoms. The molecule has 1 heterocycles. The van der Waals surface area contributed by atoms with Gasteiger partial charge in [-0.2, -0.15) is 0 Å². The molecule has 0 amide bonds. The highest BCUT2D eigenvalue weighted by molar-refractivity contribution is 6.32. The Morgan fingerprint density at radius 2 is 2.28 bits per heavy atom. The van der Waals surface area contributed by atoms with Gasteiger partial charge in [-0.3, -0.25) is 0 Å². The maximum Gasteiger partial charge on any atom is 0.137 e. The van der Waals surface area contributed by atoms with Crippen molar-refractivity contribution in [1.29, 1.82) is 0 Å². The quantitative estimate of drug-likeness (QED) is 0.911. The third-order valence-electron chi connectivity index (χ3n) is 2.99. The fraction of sp³-hybridized carbons (Fsp3) is 0.538. The summed E-state index contributed by atoms with van der Waals surface area (Å²) >= 11 is 6.18. The van der Waals surface area contributed by atoms with Crippen LogP contribution in [0.4, 0.5) is 0 Å². The first-order valence-corrected chi connectivity index (χ1v) is 6.31. The average Bonchev–Trinajstić information content (AvgIpc) is 2.41. The van der Waals surface area contributed by atoms with Crippen molar-refractivity contribution in [2.45, 2.75) is 12.7 Å². The van der Waals surface area contributed by atoms with E-state index < -0.39 is 0 Å². The number of methoxy groups -OCH3 is 2. The Balaban J connectivity index is 2.33. The van der Waals surface area contributed by atoms with Gasteiger partial charge < -0.3 is 19.5 Å². The lowest BCUT2D eigenvalue weighted by Gasteiger charge is -2.26. The minimum Gasteiger partial charge on any atom is -0.495 e. The third kappa shape index (κ3) is 2.95. The van der Waals surface area contributed by atoms with E-state index in [1.54, 1.807) is 14.2 Å². The molecule has 100 valence electrons.